The average molecular weight is 325 g/mol. The van der Waals surface area contributed by atoms with E-state index in [2.05, 4.69) is 22.4 Å². The molecule has 0 aliphatic carbocycles. The maximum Gasteiger partial charge on any atom is 0.275 e. The van der Waals surface area contributed by atoms with Gasteiger partial charge in [0.05, 0.1) is 5.56 Å². The molecule has 5 nitrogen and oxygen atoms in total. The molecule has 1 heterocycles. The van der Waals surface area contributed by atoms with Crippen molar-refractivity contribution in [3.63, 3.8) is 0 Å². The number of hydrazone groups is 1. The summed E-state index contributed by atoms with van der Waals surface area (Å²) in [5.74, 6) is -0.397. The monoisotopic (exact) mass is 325 g/mol. The van der Waals surface area contributed by atoms with Crippen LogP contribution < -0.4 is 5.43 Å². The van der Waals surface area contributed by atoms with E-state index in [9.17, 15) is 9.90 Å². The molecule has 126 valence electrons. The van der Waals surface area contributed by atoms with E-state index in [0.29, 0.717) is 0 Å². The summed E-state index contributed by atoms with van der Waals surface area (Å²) in [6.07, 6.45) is 2.92. The molecule has 1 saturated heterocycles. The largest absolute Gasteiger partial charge is 0.507 e. The second-order valence-electron chi connectivity index (χ2n) is 6.18. The van der Waals surface area contributed by atoms with Crippen molar-refractivity contribution in [1.29, 1.82) is 0 Å². The first-order valence-electron chi connectivity index (χ1n) is 8.47. The van der Waals surface area contributed by atoms with Gasteiger partial charge in [-0.25, -0.2) is 5.43 Å². The molecule has 1 aliphatic heterocycles. The molecule has 3 rings (SSSR count). The number of likely N-dealkylation sites (tertiary alicyclic amines) is 1. The number of carbonyl (C=O) groups excluding carboxylic acids is 1. The summed E-state index contributed by atoms with van der Waals surface area (Å²) in [6.45, 7) is 5.28. The zero-order valence-electron chi connectivity index (χ0n) is 14.0. The lowest BCUT2D eigenvalue weighted by atomic mass is 10.1. The smallest absolute Gasteiger partial charge is 0.275 e. The summed E-state index contributed by atoms with van der Waals surface area (Å²) in [7, 11) is 0. The SMILES string of the molecule is CCCN1CCC(=NNC(=O)c2cc3ccccc3cc2O)CC1. The Hall–Kier alpha value is -2.40. The van der Waals surface area contributed by atoms with Crippen molar-refractivity contribution in [2.45, 2.75) is 26.2 Å². The van der Waals surface area contributed by atoms with Crippen molar-refractivity contribution >= 4 is 22.4 Å². The maximum atomic E-state index is 12.3. The van der Waals surface area contributed by atoms with Crippen molar-refractivity contribution < 1.29 is 9.90 Å². The molecule has 2 aromatic carbocycles. The molecule has 24 heavy (non-hydrogen) atoms. The summed E-state index contributed by atoms with van der Waals surface area (Å²) in [6, 6.07) is 10.9. The van der Waals surface area contributed by atoms with E-state index in [0.717, 1.165) is 55.4 Å². The lowest BCUT2D eigenvalue weighted by Crippen LogP contribution is -2.35. The minimum Gasteiger partial charge on any atom is -0.507 e. The fourth-order valence-corrected chi connectivity index (χ4v) is 3.06. The molecule has 0 bridgehead atoms. The summed E-state index contributed by atoms with van der Waals surface area (Å²) < 4.78 is 0. The van der Waals surface area contributed by atoms with Crippen LogP contribution in [0.25, 0.3) is 10.8 Å². The van der Waals surface area contributed by atoms with Crippen molar-refractivity contribution in [2.24, 2.45) is 5.10 Å². The second-order valence-corrected chi connectivity index (χ2v) is 6.18. The number of amides is 1. The van der Waals surface area contributed by atoms with E-state index in [4.69, 9.17) is 0 Å². The topological polar surface area (TPSA) is 64.9 Å². The number of carbonyl (C=O) groups is 1. The highest BCUT2D eigenvalue weighted by atomic mass is 16.3. The van der Waals surface area contributed by atoms with Gasteiger partial charge in [0.15, 0.2) is 0 Å². The molecular formula is C19H23N3O2. The third kappa shape index (κ3) is 3.74. The van der Waals surface area contributed by atoms with Gasteiger partial charge < -0.3 is 10.0 Å². The Balaban J connectivity index is 1.67. The number of phenolic OH excluding ortho intramolecular Hbond substituents is 1. The Kier molecular flexibility index (Phi) is 5.11. The molecule has 0 atom stereocenters. The Morgan fingerprint density at radius 1 is 1.21 bits per heavy atom. The number of benzene rings is 2. The number of fused-ring (bicyclic) bond motifs is 1. The van der Waals surface area contributed by atoms with E-state index < -0.39 is 0 Å². The number of nitrogens with zero attached hydrogens (tertiary/aromatic N) is 2. The van der Waals surface area contributed by atoms with E-state index in [1.165, 1.54) is 0 Å². The number of hydrogen-bond donors (Lipinski definition) is 2. The molecule has 2 N–H and O–H groups in total. The summed E-state index contributed by atoms with van der Waals surface area (Å²) in [5, 5.41) is 16.2. The third-order valence-corrected chi connectivity index (χ3v) is 4.40. The standard InChI is InChI=1S/C19H23N3O2/c1-2-9-22-10-7-16(8-11-22)20-21-19(24)17-12-14-5-3-4-6-15(14)13-18(17)23/h3-6,12-13,23H,2,7-11H2,1H3,(H,21,24). The number of piperidine rings is 1. The first-order chi connectivity index (χ1) is 11.7. The van der Waals surface area contributed by atoms with Crippen LogP contribution in [-0.4, -0.2) is 41.3 Å². The fraction of sp³-hybridized carbons (Fsp3) is 0.368. The molecule has 0 saturated carbocycles. The minimum atomic E-state index is -0.373. The first kappa shape index (κ1) is 16.5. The molecule has 0 unspecified atom stereocenters. The maximum absolute atomic E-state index is 12.3. The number of aromatic hydroxyl groups is 1. The normalized spacial score (nSPS) is 15.5. The van der Waals surface area contributed by atoms with Crippen LogP contribution in [0.2, 0.25) is 0 Å². The molecule has 1 aliphatic rings. The molecule has 0 spiro atoms. The van der Waals surface area contributed by atoms with Crippen LogP contribution in [0.3, 0.4) is 0 Å². The van der Waals surface area contributed by atoms with Gasteiger partial charge in [-0.05, 0) is 35.9 Å². The Morgan fingerprint density at radius 2 is 1.88 bits per heavy atom. The van der Waals surface area contributed by atoms with Crippen molar-refractivity contribution in [3.05, 3.63) is 42.0 Å². The summed E-state index contributed by atoms with van der Waals surface area (Å²) >= 11 is 0. The van der Waals surface area contributed by atoms with E-state index in [1.807, 2.05) is 24.3 Å². The zero-order valence-corrected chi connectivity index (χ0v) is 14.0. The van der Waals surface area contributed by atoms with Crippen LogP contribution in [-0.2, 0) is 0 Å². The van der Waals surface area contributed by atoms with Gasteiger partial charge in [0.1, 0.15) is 5.75 Å². The predicted octanol–water partition coefficient (Wildman–Crippen LogP) is 3.14. The van der Waals surface area contributed by atoms with Gasteiger partial charge in [-0.1, -0.05) is 31.2 Å². The van der Waals surface area contributed by atoms with Crippen molar-refractivity contribution in [3.8, 4) is 5.75 Å². The minimum absolute atomic E-state index is 0.0239. The lowest BCUT2D eigenvalue weighted by molar-refractivity contribution is 0.0952. The van der Waals surface area contributed by atoms with E-state index >= 15 is 0 Å². The Bertz CT molecular complexity index is 760. The first-order valence-corrected chi connectivity index (χ1v) is 8.47. The lowest BCUT2D eigenvalue weighted by Gasteiger charge is -2.26. The number of rotatable bonds is 4. The third-order valence-electron chi connectivity index (χ3n) is 4.40. The second kappa shape index (κ2) is 7.45. The fourth-order valence-electron chi connectivity index (χ4n) is 3.06. The number of nitrogens with one attached hydrogen (secondary N) is 1. The number of hydrogen-bond acceptors (Lipinski definition) is 4. The van der Waals surface area contributed by atoms with Crippen LogP contribution in [0.15, 0.2) is 41.5 Å². The van der Waals surface area contributed by atoms with Gasteiger partial charge in [-0.15, -0.1) is 0 Å². The molecule has 1 fully saturated rings. The highest BCUT2D eigenvalue weighted by molar-refractivity contribution is 6.02. The molecule has 0 aromatic heterocycles. The van der Waals surface area contributed by atoms with Crippen molar-refractivity contribution in [2.75, 3.05) is 19.6 Å². The summed E-state index contributed by atoms with van der Waals surface area (Å²) in [5.41, 5.74) is 3.85. The molecule has 0 radical (unpaired) electrons. The van der Waals surface area contributed by atoms with Crippen LogP contribution in [0.4, 0.5) is 0 Å². The molecule has 2 aromatic rings. The van der Waals surface area contributed by atoms with Gasteiger partial charge in [-0.3, -0.25) is 4.79 Å². The predicted molar refractivity (Wildman–Crippen MR) is 96.5 cm³/mol. The van der Waals surface area contributed by atoms with Gasteiger partial charge in [0.25, 0.3) is 5.91 Å². The summed E-state index contributed by atoms with van der Waals surface area (Å²) in [4.78, 5) is 14.7. The van der Waals surface area contributed by atoms with Crippen LogP contribution in [0.1, 0.15) is 36.5 Å². The molecule has 1 amide bonds. The Morgan fingerprint density at radius 3 is 2.54 bits per heavy atom. The highest BCUT2D eigenvalue weighted by Crippen LogP contribution is 2.24. The van der Waals surface area contributed by atoms with Crippen LogP contribution in [0, 0.1) is 0 Å². The zero-order chi connectivity index (χ0) is 16.9. The van der Waals surface area contributed by atoms with Gasteiger partial charge in [0, 0.05) is 31.6 Å². The van der Waals surface area contributed by atoms with Crippen molar-refractivity contribution in [1.82, 2.24) is 10.3 Å². The molecule has 5 heteroatoms. The van der Waals surface area contributed by atoms with E-state index in [-0.39, 0.29) is 17.2 Å². The Labute approximate surface area is 142 Å². The average Bonchev–Trinajstić information content (AvgIpc) is 2.60. The highest BCUT2D eigenvalue weighted by Gasteiger charge is 2.16. The van der Waals surface area contributed by atoms with Gasteiger partial charge in [0.2, 0.25) is 0 Å². The van der Waals surface area contributed by atoms with E-state index in [1.54, 1.807) is 12.1 Å². The quantitative estimate of drug-likeness (QED) is 0.849. The van der Waals surface area contributed by atoms with Gasteiger partial charge in [-0.2, -0.15) is 5.10 Å². The molecular weight excluding hydrogens is 302 g/mol. The van der Waals surface area contributed by atoms with Crippen LogP contribution >= 0.6 is 0 Å². The number of phenols is 1. The van der Waals surface area contributed by atoms with Gasteiger partial charge >= 0.3 is 0 Å². The van der Waals surface area contributed by atoms with Crippen LogP contribution in [0.5, 0.6) is 5.75 Å².